The smallest absolute Gasteiger partial charge is 0.338 e. The Morgan fingerprint density at radius 1 is 0.909 bits per heavy atom. The maximum absolute atomic E-state index is 12.5. The minimum Gasteiger partial charge on any atom is -0.462 e. The van der Waals surface area contributed by atoms with Gasteiger partial charge in [-0.25, -0.2) is 13.2 Å². The molecule has 0 unspecified atom stereocenters. The lowest BCUT2D eigenvalue weighted by atomic mass is 10.1. The summed E-state index contributed by atoms with van der Waals surface area (Å²) in [6.45, 7) is 1.96. The van der Waals surface area contributed by atoms with E-state index in [1.165, 1.54) is 24.3 Å². The quantitative estimate of drug-likeness (QED) is 0.442. The molecule has 0 bridgehead atoms. The second-order valence-electron chi connectivity index (χ2n) is 6.88. The molecule has 0 fully saturated rings. The van der Waals surface area contributed by atoms with E-state index < -0.39 is 27.6 Å². The van der Waals surface area contributed by atoms with E-state index in [0.29, 0.717) is 22.5 Å². The number of esters is 1. The molecule has 0 spiro atoms. The van der Waals surface area contributed by atoms with Gasteiger partial charge in [-0.2, -0.15) is 0 Å². The van der Waals surface area contributed by atoms with Crippen LogP contribution in [0.15, 0.2) is 70.3 Å². The predicted octanol–water partition coefficient (Wildman–Crippen LogP) is 3.98. The highest BCUT2D eigenvalue weighted by Crippen LogP contribution is 2.19. The molecule has 33 heavy (non-hydrogen) atoms. The maximum atomic E-state index is 12.5. The van der Waals surface area contributed by atoms with Gasteiger partial charge in [0.25, 0.3) is 5.91 Å². The predicted molar refractivity (Wildman–Crippen MR) is 126 cm³/mol. The first-order valence-electron chi connectivity index (χ1n) is 10.0. The molecule has 2 amide bonds. The van der Waals surface area contributed by atoms with E-state index in [2.05, 4.69) is 10.6 Å². The number of anilines is 2. The van der Waals surface area contributed by atoms with Crippen LogP contribution < -0.4 is 10.6 Å². The van der Waals surface area contributed by atoms with Gasteiger partial charge in [0.15, 0.2) is 9.84 Å². The van der Waals surface area contributed by atoms with Crippen molar-refractivity contribution in [1.29, 1.82) is 0 Å². The summed E-state index contributed by atoms with van der Waals surface area (Å²) in [6, 6.07) is 15.7. The number of thiophene rings is 1. The van der Waals surface area contributed by atoms with Crippen molar-refractivity contribution in [2.45, 2.75) is 17.6 Å². The Morgan fingerprint density at radius 2 is 1.67 bits per heavy atom. The third-order valence-electron chi connectivity index (χ3n) is 4.46. The maximum Gasteiger partial charge on any atom is 0.338 e. The van der Waals surface area contributed by atoms with E-state index in [4.69, 9.17) is 4.74 Å². The summed E-state index contributed by atoms with van der Waals surface area (Å²) in [7, 11) is -3.49. The number of amides is 2. The Hall–Kier alpha value is -3.50. The van der Waals surface area contributed by atoms with Crippen molar-refractivity contribution in [2.24, 2.45) is 0 Å². The van der Waals surface area contributed by atoms with Crippen molar-refractivity contribution in [2.75, 3.05) is 23.0 Å². The number of hydrogen-bond acceptors (Lipinski definition) is 7. The lowest BCUT2D eigenvalue weighted by Gasteiger charge is -2.09. The topological polar surface area (TPSA) is 119 Å². The van der Waals surface area contributed by atoms with Gasteiger partial charge in [0.1, 0.15) is 4.21 Å². The molecular weight excluding hydrogens is 464 g/mol. The molecular formula is C23H22N2O6S2. The average Bonchev–Trinajstić information content (AvgIpc) is 3.35. The van der Waals surface area contributed by atoms with Gasteiger partial charge in [0, 0.05) is 23.4 Å². The summed E-state index contributed by atoms with van der Waals surface area (Å²) < 4.78 is 29.5. The third kappa shape index (κ3) is 6.74. The first-order valence-corrected chi connectivity index (χ1v) is 12.6. The van der Waals surface area contributed by atoms with Crippen molar-refractivity contribution < 1.29 is 27.5 Å². The number of sulfone groups is 1. The Labute approximate surface area is 195 Å². The monoisotopic (exact) mass is 486 g/mol. The van der Waals surface area contributed by atoms with Gasteiger partial charge >= 0.3 is 5.97 Å². The number of rotatable bonds is 9. The second-order valence-corrected chi connectivity index (χ2v) is 10.2. The minimum atomic E-state index is -3.49. The number of carbonyl (C=O) groups is 3. The normalized spacial score (nSPS) is 10.9. The molecule has 3 aromatic rings. The molecule has 8 nitrogen and oxygen atoms in total. The second kappa shape index (κ2) is 10.9. The number of carbonyl (C=O) groups excluding carboxylic acids is 3. The van der Waals surface area contributed by atoms with Crippen LogP contribution in [0.25, 0.3) is 0 Å². The van der Waals surface area contributed by atoms with Crippen LogP contribution in [0.3, 0.4) is 0 Å². The molecule has 1 aromatic heterocycles. The number of nitrogens with one attached hydrogen (secondary N) is 2. The Balaban J connectivity index is 1.55. The molecule has 3 rings (SSSR count). The molecule has 2 N–H and O–H groups in total. The van der Waals surface area contributed by atoms with E-state index in [0.717, 1.165) is 11.3 Å². The SMILES string of the molecule is CCOC(=O)c1cccc(NC(=O)c2ccc(NC(=O)CCS(=O)(=O)c3cccs3)cc2)c1. The Kier molecular flexibility index (Phi) is 7.96. The summed E-state index contributed by atoms with van der Waals surface area (Å²) in [5, 5.41) is 7.00. The van der Waals surface area contributed by atoms with Gasteiger partial charge < -0.3 is 15.4 Å². The highest BCUT2D eigenvalue weighted by Gasteiger charge is 2.17. The number of hydrogen-bond donors (Lipinski definition) is 2. The zero-order chi connectivity index (χ0) is 23.8. The van der Waals surface area contributed by atoms with Gasteiger partial charge in [0.05, 0.1) is 17.9 Å². The molecule has 0 atom stereocenters. The average molecular weight is 487 g/mol. The first kappa shape index (κ1) is 24.1. The highest BCUT2D eigenvalue weighted by molar-refractivity contribution is 7.93. The Bertz CT molecular complexity index is 1240. The van der Waals surface area contributed by atoms with E-state index in [1.807, 2.05) is 0 Å². The summed E-state index contributed by atoms with van der Waals surface area (Å²) >= 11 is 1.11. The van der Waals surface area contributed by atoms with Crippen molar-refractivity contribution in [3.8, 4) is 0 Å². The Morgan fingerprint density at radius 3 is 2.33 bits per heavy atom. The van der Waals surface area contributed by atoms with Gasteiger partial charge in [-0.1, -0.05) is 12.1 Å². The molecule has 2 aromatic carbocycles. The first-order chi connectivity index (χ1) is 15.8. The van der Waals surface area contributed by atoms with E-state index in [1.54, 1.807) is 48.7 Å². The van der Waals surface area contributed by atoms with Crippen LogP contribution in [0.4, 0.5) is 11.4 Å². The molecule has 1 heterocycles. The standard InChI is InChI=1S/C23H22N2O6S2/c1-2-31-23(28)17-5-3-6-19(15-17)25-22(27)16-8-10-18(11-9-16)24-20(26)12-14-33(29,30)21-7-4-13-32-21/h3-11,13,15H,2,12,14H2,1H3,(H,24,26)(H,25,27). The highest BCUT2D eigenvalue weighted by atomic mass is 32.2. The van der Waals surface area contributed by atoms with Gasteiger partial charge in [0.2, 0.25) is 5.91 Å². The van der Waals surface area contributed by atoms with Gasteiger partial charge in [-0.3, -0.25) is 9.59 Å². The van der Waals surface area contributed by atoms with E-state index in [-0.39, 0.29) is 23.0 Å². The van der Waals surface area contributed by atoms with Gasteiger partial charge in [-0.05, 0) is 60.8 Å². The lowest BCUT2D eigenvalue weighted by Crippen LogP contribution is -2.17. The van der Waals surface area contributed by atoms with Crippen LogP contribution in [0.1, 0.15) is 34.1 Å². The van der Waals surface area contributed by atoms with E-state index >= 15 is 0 Å². The number of ether oxygens (including phenoxy) is 1. The molecule has 10 heteroatoms. The van der Waals surface area contributed by atoms with Crippen LogP contribution in [-0.2, 0) is 19.4 Å². The summed E-state index contributed by atoms with van der Waals surface area (Å²) in [5.74, 6) is -1.60. The number of benzene rings is 2. The fraction of sp³-hybridized carbons (Fsp3) is 0.174. The van der Waals surface area contributed by atoms with Crippen LogP contribution in [0.2, 0.25) is 0 Å². The van der Waals surface area contributed by atoms with E-state index in [9.17, 15) is 22.8 Å². The summed E-state index contributed by atoms with van der Waals surface area (Å²) in [4.78, 5) is 36.5. The van der Waals surface area contributed by atoms with Crippen LogP contribution in [0, 0.1) is 0 Å². The summed E-state index contributed by atoms with van der Waals surface area (Å²) in [5.41, 5.74) is 1.55. The molecule has 0 saturated heterocycles. The van der Waals surface area contributed by atoms with Crippen molar-refractivity contribution in [3.63, 3.8) is 0 Å². The van der Waals surface area contributed by atoms with Crippen molar-refractivity contribution in [1.82, 2.24) is 0 Å². The lowest BCUT2D eigenvalue weighted by molar-refractivity contribution is -0.115. The zero-order valence-corrected chi connectivity index (χ0v) is 19.4. The zero-order valence-electron chi connectivity index (χ0n) is 17.7. The molecule has 0 saturated carbocycles. The fourth-order valence-electron chi connectivity index (χ4n) is 2.84. The van der Waals surface area contributed by atoms with Gasteiger partial charge in [-0.15, -0.1) is 11.3 Å². The van der Waals surface area contributed by atoms with Crippen molar-refractivity contribution >= 4 is 50.3 Å². The molecule has 0 aliphatic rings. The molecule has 0 radical (unpaired) electrons. The van der Waals surface area contributed by atoms with Crippen LogP contribution in [-0.4, -0.2) is 38.6 Å². The van der Waals surface area contributed by atoms with Crippen LogP contribution >= 0.6 is 11.3 Å². The summed E-state index contributed by atoms with van der Waals surface area (Å²) in [6.07, 6.45) is -0.181. The van der Waals surface area contributed by atoms with Crippen LogP contribution in [0.5, 0.6) is 0 Å². The molecule has 0 aliphatic carbocycles. The molecule has 172 valence electrons. The largest absolute Gasteiger partial charge is 0.462 e. The fourth-order valence-corrected chi connectivity index (χ4v) is 5.23. The molecule has 0 aliphatic heterocycles. The minimum absolute atomic E-state index is 0.181. The van der Waals surface area contributed by atoms with Crippen molar-refractivity contribution in [3.05, 3.63) is 77.2 Å². The third-order valence-corrected chi connectivity index (χ3v) is 7.66.